The highest BCUT2D eigenvalue weighted by Crippen LogP contribution is 2.31. The van der Waals surface area contributed by atoms with Crippen LogP contribution >= 0.6 is 0 Å². The lowest BCUT2D eigenvalue weighted by Crippen LogP contribution is -2.28. The Hall–Kier alpha value is -5.62. The van der Waals surface area contributed by atoms with Crippen molar-refractivity contribution in [1.29, 1.82) is 0 Å². The van der Waals surface area contributed by atoms with Gasteiger partial charge in [0.25, 0.3) is 11.8 Å². The van der Waals surface area contributed by atoms with Crippen LogP contribution in [0.25, 0.3) is 5.65 Å². The molecule has 2 heterocycles. The number of rotatable bonds is 16. The molecular formula is C35H42N8O8S2. The number of nitrogens with zero attached hydrogens (tertiary/aromatic N) is 3. The molecule has 282 valence electrons. The van der Waals surface area contributed by atoms with Gasteiger partial charge in [0.15, 0.2) is 11.6 Å². The van der Waals surface area contributed by atoms with Crippen LogP contribution < -0.4 is 29.6 Å². The molecular weight excluding hydrogens is 725 g/mol. The smallest absolute Gasteiger partial charge is 0.252 e. The number of H-pyrrole nitrogens is 1. The Kier molecular flexibility index (Phi) is 11.6. The fourth-order valence-electron chi connectivity index (χ4n) is 5.46. The standard InChI is InChI=1S/C35H42N8O8S2/c1-7-29-31(51-28-12-10-24(11-13-28)34(44)36-15-8-16-50-30-14-9-21(2)17-22(30)3)33-39-38-32(43(33)40-29)23(4)37-35(45)25-18-26(41-52(5,46)47)20-27(19-25)42-53(6,48)49/h9-14,17-20,23,40-42H,7-8,15-16H2,1-6H3,(H,36,44)(H,37,45). The molecule has 1 unspecified atom stereocenters. The third-order valence-corrected chi connectivity index (χ3v) is 9.05. The average Bonchev–Trinajstić information content (AvgIpc) is 3.63. The monoisotopic (exact) mass is 766 g/mol. The minimum Gasteiger partial charge on any atom is -0.493 e. The van der Waals surface area contributed by atoms with Crippen LogP contribution in [0.5, 0.6) is 17.2 Å². The molecule has 0 aliphatic carbocycles. The molecule has 0 saturated heterocycles. The number of aryl methyl sites for hydroxylation is 3. The normalized spacial score (nSPS) is 12.3. The van der Waals surface area contributed by atoms with Gasteiger partial charge in [-0.05, 0) is 87.7 Å². The zero-order valence-electron chi connectivity index (χ0n) is 30.1. The molecule has 0 fully saturated rings. The molecule has 1 atom stereocenters. The van der Waals surface area contributed by atoms with Gasteiger partial charge in [-0.25, -0.2) is 21.4 Å². The summed E-state index contributed by atoms with van der Waals surface area (Å²) in [5.41, 5.74) is 3.74. The number of hydrogen-bond donors (Lipinski definition) is 5. The number of carbonyl (C=O) groups is 2. The topological polar surface area (TPSA) is 215 Å². The predicted molar refractivity (Wildman–Crippen MR) is 201 cm³/mol. The van der Waals surface area contributed by atoms with E-state index >= 15 is 0 Å². The fraction of sp³-hybridized carbons (Fsp3) is 0.314. The lowest BCUT2D eigenvalue weighted by molar-refractivity contribution is 0.0934. The number of hydrogen-bond acceptors (Lipinski definition) is 10. The molecule has 5 rings (SSSR count). The molecule has 16 nitrogen and oxygen atoms in total. The molecule has 2 aromatic heterocycles. The maximum Gasteiger partial charge on any atom is 0.252 e. The Balaban J connectivity index is 1.23. The minimum atomic E-state index is -3.73. The fourth-order valence-corrected chi connectivity index (χ4v) is 6.55. The Morgan fingerprint density at radius 1 is 0.868 bits per heavy atom. The van der Waals surface area contributed by atoms with Crippen LogP contribution in [0.4, 0.5) is 11.4 Å². The molecule has 0 spiro atoms. The van der Waals surface area contributed by atoms with Crippen molar-refractivity contribution in [1.82, 2.24) is 30.4 Å². The summed E-state index contributed by atoms with van der Waals surface area (Å²) in [7, 11) is -7.46. The number of anilines is 2. The van der Waals surface area contributed by atoms with Crippen LogP contribution in [0, 0.1) is 13.8 Å². The summed E-state index contributed by atoms with van der Waals surface area (Å²) < 4.78 is 65.5. The van der Waals surface area contributed by atoms with Crippen molar-refractivity contribution in [2.45, 2.75) is 46.6 Å². The lowest BCUT2D eigenvalue weighted by atomic mass is 10.1. The molecule has 53 heavy (non-hydrogen) atoms. The molecule has 0 aliphatic rings. The van der Waals surface area contributed by atoms with E-state index in [4.69, 9.17) is 9.47 Å². The van der Waals surface area contributed by atoms with Crippen LogP contribution in [-0.4, -0.2) is 74.1 Å². The molecule has 0 aliphatic heterocycles. The number of aromatic amines is 1. The lowest BCUT2D eigenvalue weighted by Gasteiger charge is -2.14. The third kappa shape index (κ3) is 10.3. The Morgan fingerprint density at radius 3 is 2.13 bits per heavy atom. The van der Waals surface area contributed by atoms with Gasteiger partial charge < -0.3 is 20.1 Å². The van der Waals surface area contributed by atoms with Gasteiger partial charge in [0.1, 0.15) is 11.5 Å². The first-order valence-electron chi connectivity index (χ1n) is 16.6. The van der Waals surface area contributed by atoms with Gasteiger partial charge in [-0.1, -0.05) is 24.6 Å². The van der Waals surface area contributed by atoms with Gasteiger partial charge in [0.2, 0.25) is 25.7 Å². The average molecular weight is 767 g/mol. The van der Waals surface area contributed by atoms with E-state index in [0.29, 0.717) is 60.2 Å². The number of sulfonamides is 2. The van der Waals surface area contributed by atoms with Crippen LogP contribution in [-0.2, 0) is 26.5 Å². The van der Waals surface area contributed by atoms with Crippen molar-refractivity contribution in [2.24, 2.45) is 0 Å². The highest BCUT2D eigenvalue weighted by molar-refractivity contribution is 7.92. The van der Waals surface area contributed by atoms with E-state index in [2.05, 4.69) is 41.4 Å². The second-order valence-electron chi connectivity index (χ2n) is 12.6. The van der Waals surface area contributed by atoms with Crippen LogP contribution in [0.15, 0.2) is 60.7 Å². The zero-order valence-corrected chi connectivity index (χ0v) is 31.7. The Labute approximate surface area is 307 Å². The first-order chi connectivity index (χ1) is 25.0. The summed E-state index contributed by atoms with van der Waals surface area (Å²) in [6.45, 7) is 8.56. The van der Waals surface area contributed by atoms with Crippen LogP contribution in [0.2, 0.25) is 0 Å². The van der Waals surface area contributed by atoms with Crippen LogP contribution in [0.3, 0.4) is 0 Å². The summed E-state index contributed by atoms with van der Waals surface area (Å²) in [4.78, 5) is 26.1. The van der Waals surface area contributed by atoms with E-state index < -0.39 is 32.0 Å². The predicted octanol–water partition coefficient (Wildman–Crippen LogP) is 4.46. The second-order valence-corrected chi connectivity index (χ2v) is 16.1. The van der Waals surface area contributed by atoms with E-state index in [9.17, 15) is 26.4 Å². The van der Waals surface area contributed by atoms with Gasteiger partial charge in [-0.15, -0.1) is 10.2 Å². The largest absolute Gasteiger partial charge is 0.493 e. The highest BCUT2D eigenvalue weighted by Gasteiger charge is 2.24. The third-order valence-electron chi connectivity index (χ3n) is 7.83. The SMILES string of the molecule is CCc1[nH]n2c(C(C)NC(=O)c3cc(NS(C)(=O)=O)cc(NS(C)(=O)=O)c3)nnc2c1Oc1ccc(C(=O)NCCCOc2ccc(C)cc2C)cc1. The number of amides is 2. The molecule has 3 aromatic carbocycles. The van der Waals surface area contributed by atoms with Gasteiger partial charge in [0.05, 0.1) is 42.2 Å². The maximum absolute atomic E-state index is 13.3. The van der Waals surface area contributed by atoms with Crippen molar-refractivity contribution in [3.05, 3.63) is 94.4 Å². The van der Waals surface area contributed by atoms with Gasteiger partial charge in [-0.3, -0.25) is 24.1 Å². The molecule has 18 heteroatoms. The summed E-state index contributed by atoms with van der Waals surface area (Å²) >= 11 is 0. The van der Waals surface area contributed by atoms with Crippen LogP contribution in [0.1, 0.15) is 69.7 Å². The van der Waals surface area contributed by atoms with Gasteiger partial charge in [0, 0.05) is 17.7 Å². The molecule has 2 amide bonds. The number of nitrogens with one attached hydrogen (secondary N) is 5. The second kappa shape index (κ2) is 16.0. The van der Waals surface area contributed by atoms with E-state index in [1.54, 1.807) is 35.7 Å². The zero-order chi connectivity index (χ0) is 38.5. The quantitative estimate of drug-likeness (QED) is 0.0889. The van der Waals surface area contributed by atoms with Crippen molar-refractivity contribution in [3.8, 4) is 17.2 Å². The van der Waals surface area contributed by atoms with E-state index in [1.807, 2.05) is 32.9 Å². The van der Waals surface area contributed by atoms with E-state index in [-0.39, 0.29) is 22.8 Å². The first kappa shape index (κ1) is 38.6. The Morgan fingerprint density at radius 2 is 1.53 bits per heavy atom. The molecule has 5 N–H and O–H groups in total. The summed E-state index contributed by atoms with van der Waals surface area (Å²) in [6.07, 6.45) is 3.06. The number of fused-ring (bicyclic) bond motifs is 1. The van der Waals surface area contributed by atoms with E-state index in [0.717, 1.165) is 23.8 Å². The van der Waals surface area contributed by atoms with Crippen molar-refractivity contribution >= 4 is 48.9 Å². The van der Waals surface area contributed by atoms with Crippen molar-refractivity contribution in [3.63, 3.8) is 0 Å². The summed E-state index contributed by atoms with van der Waals surface area (Å²) in [6, 6.07) is 15.8. The molecule has 5 aromatic rings. The van der Waals surface area contributed by atoms with Crippen molar-refractivity contribution < 1.29 is 35.9 Å². The number of aromatic nitrogens is 4. The molecule has 0 saturated carbocycles. The van der Waals surface area contributed by atoms with E-state index in [1.165, 1.54) is 23.8 Å². The number of benzene rings is 3. The summed E-state index contributed by atoms with van der Waals surface area (Å²) in [5.74, 6) is 1.20. The van der Waals surface area contributed by atoms with Gasteiger partial charge >= 0.3 is 0 Å². The summed E-state index contributed by atoms with van der Waals surface area (Å²) in [5, 5.41) is 17.5. The first-order valence-corrected chi connectivity index (χ1v) is 20.4. The highest BCUT2D eigenvalue weighted by atomic mass is 32.2. The minimum absolute atomic E-state index is 0.00837. The van der Waals surface area contributed by atoms with Crippen molar-refractivity contribution in [2.75, 3.05) is 35.1 Å². The Bertz CT molecular complexity index is 2300. The molecule has 0 bridgehead atoms. The maximum atomic E-state index is 13.3. The molecule has 0 radical (unpaired) electrons. The number of ether oxygens (including phenoxy) is 2. The van der Waals surface area contributed by atoms with Gasteiger partial charge in [-0.2, -0.15) is 0 Å². The number of carbonyl (C=O) groups excluding carboxylic acids is 2.